The topological polar surface area (TPSA) is 15.3 Å². The van der Waals surface area contributed by atoms with Crippen molar-refractivity contribution >= 4 is 0 Å². The van der Waals surface area contributed by atoms with Gasteiger partial charge in [-0.2, -0.15) is 0 Å². The van der Waals surface area contributed by atoms with Crippen LogP contribution in [0.3, 0.4) is 0 Å². The van der Waals surface area contributed by atoms with E-state index >= 15 is 0 Å². The lowest BCUT2D eigenvalue weighted by Gasteiger charge is -2.38. The summed E-state index contributed by atoms with van der Waals surface area (Å²) in [4.78, 5) is 2.40. The molecule has 0 heterocycles. The Kier molecular flexibility index (Phi) is 5.92. The van der Waals surface area contributed by atoms with Crippen molar-refractivity contribution in [2.24, 2.45) is 11.3 Å². The lowest BCUT2D eigenvalue weighted by atomic mass is 9.71. The van der Waals surface area contributed by atoms with E-state index in [1.165, 1.54) is 64.3 Å². The van der Waals surface area contributed by atoms with Crippen molar-refractivity contribution in [2.75, 3.05) is 20.6 Å². The van der Waals surface area contributed by atoms with Crippen LogP contribution in [0.1, 0.15) is 71.6 Å². The molecule has 0 aromatic carbocycles. The Morgan fingerprint density at radius 2 is 1.65 bits per heavy atom. The Bertz CT molecular complexity index is 269. The molecule has 118 valence electrons. The van der Waals surface area contributed by atoms with Gasteiger partial charge in [0.2, 0.25) is 0 Å². The molecule has 2 saturated carbocycles. The van der Waals surface area contributed by atoms with E-state index in [9.17, 15) is 0 Å². The Hall–Kier alpha value is -0.0800. The van der Waals surface area contributed by atoms with Crippen molar-refractivity contribution in [3.05, 3.63) is 0 Å². The van der Waals surface area contributed by atoms with Crippen LogP contribution in [0.2, 0.25) is 0 Å². The first-order valence-electron chi connectivity index (χ1n) is 8.91. The van der Waals surface area contributed by atoms with Gasteiger partial charge in [-0.1, -0.05) is 26.7 Å². The first kappa shape index (κ1) is 16.3. The summed E-state index contributed by atoms with van der Waals surface area (Å²) in [7, 11) is 4.45. The molecule has 2 aliphatic carbocycles. The second-order valence-electron chi connectivity index (χ2n) is 8.14. The first-order valence-corrected chi connectivity index (χ1v) is 8.91. The molecular weight excluding hydrogens is 244 g/mol. The molecule has 1 spiro atoms. The van der Waals surface area contributed by atoms with Gasteiger partial charge in [0.25, 0.3) is 0 Å². The van der Waals surface area contributed by atoms with Crippen molar-refractivity contribution in [2.45, 2.75) is 83.7 Å². The highest BCUT2D eigenvalue weighted by Crippen LogP contribution is 2.48. The maximum atomic E-state index is 3.87. The molecule has 1 atom stereocenters. The van der Waals surface area contributed by atoms with Gasteiger partial charge in [0.05, 0.1) is 0 Å². The van der Waals surface area contributed by atoms with E-state index in [-0.39, 0.29) is 0 Å². The summed E-state index contributed by atoms with van der Waals surface area (Å²) in [6.45, 7) is 5.84. The summed E-state index contributed by atoms with van der Waals surface area (Å²) in [6.07, 6.45) is 13.1. The molecule has 1 N–H and O–H groups in total. The van der Waals surface area contributed by atoms with E-state index in [2.05, 4.69) is 38.2 Å². The average molecular weight is 280 g/mol. The van der Waals surface area contributed by atoms with Gasteiger partial charge in [0.1, 0.15) is 0 Å². The van der Waals surface area contributed by atoms with Crippen LogP contribution < -0.4 is 5.32 Å². The van der Waals surface area contributed by atoms with Crippen molar-refractivity contribution in [1.29, 1.82) is 0 Å². The van der Waals surface area contributed by atoms with E-state index in [0.29, 0.717) is 6.04 Å². The van der Waals surface area contributed by atoms with E-state index < -0.39 is 0 Å². The minimum absolute atomic E-state index is 0.692. The third-order valence-electron chi connectivity index (χ3n) is 5.83. The number of nitrogens with one attached hydrogen (secondary N) is 1. The zero-order chi connectivity index (χ0) is 14.6. The molecule has 0 saturated heterocycles. The summed E-state index contributed by atoms with van der Waals surface area (Å²) < 4.78 is 0. The third kappa shape index (κ3) is 4.46. The van der Waals surface area contributed by atoms with Gasteiger partial charge >= 0.3 is 0 Å². The van der Waals surface area contributed by atoms with Crippen molar-refractivity contribution in [3.8, 4) is 0 Å². The van der Waals surface area contributed by atoms with E-state index in [0.717, 1.165) is 17.4 Å². The molecule has 2 nitrogen and oxygen atoms in total. The zero-order valence-electron chi connectivity index (χ0n) is 14.3. The Labute approximate surface area is 126 Å². The molecule has 2 rings (SSSR count). The van der Waals surface area contributed by atoms with E-state index in [1.807, 2.05) is 0 Å². The summed E-state index contributed by atoms with van der Waals surface area (Å²) >= 11 is 0. The SMILES string of the molecule is CC(C)CC(CNC1CCC2(CCCC2)CC1)N(C)C. The number of rotatable bonds is 6. The van der Waals surface area contributed by atoms with Gasteiger partial charge in [-0.3, -0.25) is 0 Å². The van der Waals surface area contributed by atoms with Gasteiger partial charge in [0.15, 0.2) is 0 Å². The molecule has 0 bridgehead atoms. The van der Waals surface area contributed by atoms with Crippen LogP contribution in [0.15, 0.2) is 0 Å². The molecule has 0 aromatic heterocycles. The van der Waals surface area contributed by atoms with Crippen LogP contribution in [-0.2, 0) is 0 Å². The maximum absolute atomic E-state index is 3.87. The van der Waals surface area contributed by atoms with Crippen molar-refractivity contribution < 1.29 is 0 Å². The Morgan fingerprint density at radius 1 is 1.05 bits per heavy atom. The third-order valence-corrected chi connectivity index (χ3v) is 5.83. The van der Waals surface area contributed by atoms with Gasteiger partial charge in [-0.15, -0.1) is 0 Å². The zero-order valence-corrected chi connectivity index (χ0v) is 14.3. The number of hydrogen-bond donors (Lipinski definition) is 1. The normalized spacial score (nSPS) is 24.9. The smallest absolute Gasteiger partial charge is 0.0217 e. The van der Waals surface area contributed by atoms with Gasteiger partial charge in [-0.25, -0.2) is 0 Å². The Morgan fingerprint density at radius 3 is 2.15 bits per heavy atom. The highest BCUT2D eigenvalue weighted by atomic mass is 15.1. The summed E-state index contributed by atoms with van der Waals surface area (Å²) in [5, 5.41) is 3.87. The minimum Gasteiger partial charge on any atom is -0.312 e. The molecule has 0 amide bonds. The molecule has 0 aromatic rings. The van der Waals surface area contributed by atoms with Gasteiger partial charge in [-0.05, 0) is 70.4 Å². The summed E-state index contributed by atoms with van der Waals surface area (Å²) in [5.74, 6) is 0.789. The molecule has 1 unspecified atom stereocenters. The van der Waals surface area contributed by atoms with Crippen LogP contribution in [0.5, 0.6) is 0 Å². The largest absolute Gasteiger partial charge is 0.312 e. The van der Waals surface area contributed by atoms with Crippen molar-refractivity contribution in [1.82, 2.24) is 10.2 Å². The Balaban J connectivity index is 1.71. The fourth-order valence-corrected chi connectivity index (χ4v) is 4.38. The molecular formula is C18H36N2. The predicted octanol–water partition coefficient (Wildman–Crippen LogP) is 4.06. The van der Waals surface area contributed by atoms with E-state index in [4.69, 9.17) is 0 Å². The molecule has 0 aliphatic heterocycles. The predicted molar refractivity (Wildman–Crippen MR) is 88.1 cm³/mol. The summed E-state index contributed by atoms with van der Waals surface area (Å²) in [5.41, 5.74) is 0.775. The fourth-order valence-electron chi connectivity index (χ4n) is 4.38. The molecule has 2 heteroatoms. The highest BCUT2D eigenvalue weighted by molar-refractivity contribution is 4.91. The standard InChI is InChI=1S/C18H36N2/c1-15(2)13-17(20(3)4)14-19-16-7-11-18(12-8-16)9-5-6-10-18/h15-17,19H,5-14H2,1-4H3. The molecule has 2 fully saturated rings. The average Bonchev–Trinajstić information content (AvgIpc) is 2.84. The first-order chi connectivity index (χ1) is 9.51. The lowest BCUT2D eigenvalue weighted by molar-refractivity contribution is 0.159. The molecule has 2 aliphatic rings. The van der Waals surface area contributed by atoms with Gasteiger partial charge < -0.3 is 10.2 Å². The van der Waals surface area contributed by atoms with Crippen LogP contribution in [0.4, 0.5) is 0 Å². The quantitative estimate of drug-likeness (QED) is 0.789. The molecule has 0 radical (unpaired) electrons. The number of hydrogen-bond acceptors (Lipinski definition) is 2. The second kappa shape index (κ2) is 7.26. The molecule has 20 heavy (non-hydrogen) atoms. The van der Waals surface area contributed by atoms with Crippen molar-refractivity contribution in [3.63, 3.8) is 0 Å². The van der Waals surface area contributed by atoms with Crippen LogP contribution in [-0.4, -0.2) is 37.6 Å². The second-order valence-corrected chi connectivity index (χ2v) is 8.14. The van der Waals surface area contributed by atoms with Crippen LogP contribution >= 0.6 is 0 Å². The van der Waals surface area contributed by atoms with E-state index in [1.54, 1.807) is 0 Å². The fraction of sp³-hybridized carbons (Fsp3) is 1.00. The number of nitrogens with zero attached hydrogens (tertiary/aromatic N) is 1. The monoisotopic (exact) mass is 280 g/mol. The van der Waals surface area contributed by atoms with Gasteiger partial charge in [0, 0.05) is 18.6 Å². The maximum Gasteiger partial charge on any atom is 0.0217 e. The lowest BCUT2D eigenvalue weighted by Crippen LogP contribution is -2.44. The number of likely N-dealkylation sites (N-methyl/N-ethyl adjacent to an activating group) is 1. The summed E-state index contributed by atoms with van der Waals surface area (Å²) in [6, 6.07) is 1.48. The van der Waals surface area contributed by atoms with Crippen LogP contribution in [0, 0.1) is 11.3 Å². The van der Waals surface area contributed by atoms with Crippen LogP contribution in [0.25, 0.3) is 0 Å². The minimum atomic E-state index is 0.692. The highest BCUT2D eigenvalue weighted by Gasteiger charge is 2.37.